The van der Waals surface area contributed by atoms with Gasteiger partial charge >= 0.3 is 0 Å². The van der Waals surface area contributed by atoms with Crippen molar-refractivity contribution in [2.75, 3.05) is 6.61 Å². The van der Waals surface area contributed by atoms with Gasteiger partial charge in [0.05, 0.1) is 6.61 Å². The van der Waals surface area contributed by atoms with Gasteiger partial charge in [0, 0.05) is 29.1 Å². The molecule has 1 aromatic heterocycles. The van der Waals surface area contributed by atoms with Crippen LogP contribution in [0.15, 0.2) is 35.0 Å². The monoisotopic (exact) mass is 323 g/mol. The standard InChI is InChI=1S/C17H22ClNOS/c1-17(2,3)19-11-14-15(18)5-4-6-16(14)20-9-7-13-8-10-21-12-13/h4-6,8,10,12,19H,7,9,11H2,1-3H3. The molecule has 0 amide bonds. The molecule has 0 aliphatic rings. The van der Waals surface area contributed by atoms with Crippen molar-refractivity contribution in [1.29, 1.82) is 0 Å². The van der Waals surface area contributed by atoms with E-state index < -0.39 is 0 Å². The maximum absolute atomic E-state index is 6.32. The van der Waals surface area contributed by atoms with Crippen molar-refractivity contribution in [3.05, 3.63) is 51.2 Å². The second kappa shape index (κ2) is 7.30. The van der Waals surface area contributed by atoms with Crippen LogP contribution in [0.5, 0.6) is 5.75 Å². The van der Waals surface area contributed by atoms with Gasteiger partial charge in [0.25, 0.3) is 0 Å². The first kappa shape index (κ1) is 16.3. The molecule has 1 aromatic carbocycles. The Bertz CT molecular complexity index is 561. The molecule has 0 atom stereocenters. The Morgan fingerprint density at radius 2 is 2.05 bits per heavy atom. The first-order chi connectivity index (χ1) is 9.96. The van der Waals surface area contributed by atoms with Gasteiger partial charge in [-0.3, -0.25) is 0 Å². The summed E-state index contributed by atoms with van der Waals surface area (Å²) in [6.45, 7) is 7.79. The molecule has 0 fully saturated rings. The van der Waals surface area contributed by atoms with Gasteiger partial charge in [0.2, 0.25) is 0 Å². The van der Waals surface area contributed by atoms with Crippen LogP contribution in [0.3, 0.4) is 0 Å². The lowest BCUT2D eigenvalue weighted by Crippen LogP contribution is -2.35. The lowest BCUT2D eigenvalue weighted by molar-refractivity contribution is 0.315. The predicted octanol–water partition coefficient (Wildman–Crippen LogP) is 4.91. The van der Waals surface area contributed by atoms with E-state index in [1.807, 2.05) is 18.2 Å². The second-order valence-electron chi connectivity index (χ2n) is 6.05. The fourth-order valence-corrected chi connectivity index (χ4v) is 2.85. The van der Waals surface area contributed by atoms with Gasteiger partial charge in [-0.05, 0) is 55.3 Å². The van der Waals surface area contributed by atoms with Crippen molar-refractivity contribution in [3.63, 3.8) is 0 Å². The molecule has 114 valence electrons. The van der Waals surface area contributed by atoms with Gasteiger partial charge in [-0.1, -0.05) is 17.7 Å². The number of hydrogen-bond donors (Lipinski definition) is 1. The fourth-order valence-electron chi connectivity index (χ4n) is 1.91. The number of rotatable bonds is 6. The molecule has 2 nitrogen and oxygen atoms in total. The summed E-state index contributed by atoms with van der Waals surface area (Å²) in [5.41, 5.74) is 2.39. The molecule has 0 radical (unpaired) electrons. The molecule has 21 heavy (non-hydrogen) atoms. The van der Waals surface area contributed by atoms with Gasteiger partial charge in [-0.25, -0.2) is 0 Å². The molecule has 0 saturated carbocycles. The molecule has 4 heteroatoms. The van der Waals surface area contributed by atoms with Gasteiger partial charge in [0.15, 0.2) is 0 Å². The van der Waals surface area contributed by atoms with Crippen LogP contribution in [0, 0.1) is 0 Å². The average molecular weight is 324 g/mol. The van der Waals surface area contributed by atoms with Crippen molar-refractivity contribution >= 4 is 22.9 Å². The van der Waals surface area contributed by atoms with Crippen LogP contribution in [0.1, 0.15) is 31.9 Å². The zero-order valence-corrected chi connectivity index (χ0v) is 14.4. The summed E-state index contributed by atoms with van der Waals surface area (Å²) in [5.74, 6) is 0.870. The molecule has 0 aliphatic carbocycles. The summed E-state index contributed by atoms with van der Waals surface area (Å²) < 4.78 is 5.94. The van der Waals surface area contributed by atoms with Crippen LogP contribution in [-0.4, -0.2) is 12.1 Å². The summed E-state index contributed by atoms with van der Waals surface area (Å²) in [6.07, 6.45) is 0.919. The van der Waals surface area contributed by atoms with Crippen LogP contribution in [-0.2, 0) is 13.0 Å². The van der Waals surface area contributed by atoms with E-state index in [0.717, 1.165) is 22.8 Å². The first-order valence-corrected chi connectivity index (χ1v) is 8.44. The first-order valence-electron chi connectivity index (χ1n) is 7.12. The van der Waals surface area contributed by atoms with Gasteiger partial charge in [-0.2, -0.15) is 11.3 Å². The average Bonchev–Trinajstić information content (AvgIpc) is 2.90. The Morgan fingerprint density at radius 3 is 2.71 bits per heavy atom. The highest BCUT2D eigenvalue weighted by molar-refractivity contribution is 7.07. The Hall–Kier alpha value is -1.03. The van der Waals surface area contributed by atoms with Crippen molar-refractivity contribution < 1.29 is 4.74 Å². The highest BCUT2D eigenvalue weighted by atomic mass is 35.5. The largest absolute Gasteiger partial charge is 0.493 e. The summed E-state index contributed by atoms with van der Waals surface area (Å²) in [7, 11) is 0. The van der Waals surface area contributed by atoms with E-state index >= 15 is 0 Å². The minimum absolute atomic E-state index is 0.0487. The lowest BCUT2D eigenvalue weighted by Gasteiger charge is -2.22. The molecule has 1 heterocycles. The Labute approximate surface area is 136 Å². The third-order valence-electron chi connectivity index (χ3n) is 3.10. The highest BCUT2D eigenvalue weighted by Gasteiger charge is 2.13. The third-order valence-corrected chi connectivity index (χ3v) is 4.19. The molecule has 2 rings (SSSR count). The zero-order valence-electron chi connectivity index (χ0n) is 12.8. The second-order valence-corrected chi connectivity index (χ2v) is 7.24. The zero-order chi connectivity index (χ0) is 15.3. The molecule has 0 saturated heterocycles. The lowest BCUT2D eigenvalue weighted by atomic mass is 10.1. The quantitative estimate of drug-likeness (QED) is 0.815. The Kier molecular flexibility index (Phi) is 5.68. The number of thiophene rings is 1. The minimum atomic E-state index is 0.0487. The van der Waals surface area contributed by atoms with Gasteiger partial charge < -0.3 is 10.1 Å². The van der Waals surface area contributed by atoms with Gasteiger partial charge in [-0.15, -0.1) is 0 Å². The number of benzene rings is 1. The molecule has 1 N–H and O–H groups in total. The molecule has 2 aromatic rings. The summed E-state index contributed by atoms with van der Waals surface area (Å²) in [4.78, 5) is 0. The van der Waals surface area contributed by atoms with E-state index in [9.17, 15) is 0 Å². The highest BCUT2D eigenvalue weighted by Crippen LogP contribution is 2.27. The summed E-state index contributed by atoms with van der Waals surface area (Å²) >= 11 is 8.03. The fraction of sp³-hybridized carbons (Fsp3) is 0.412. The van der Waals surface area contributed by atoms with E-state index in [2.05, 4.69) is 42.9 Å². The number of nitrogens with one attached hydrogen (secondary N) is 1. The summed E-state index contributed by atoms with van der Waals surface area (Å²) in [6, 6.07) is 7.96. The van der Waals surface area contributed by atoms with Crippen molar-refractivity contribution in [2.45, 2.75) is 39.3 Å². The predicted molar refractivity (Wildman–Crippen MR) is 91.6 cm³/mol. The van der Waals surface area contributed by atoms with E-state index in [1.165, 1.54) is 5.56 Å². The van der Waals surface area contributed by atoms with Crippen LogP contribution in [0.4, 0.5) is 0 Å². The van der Waals surface area contributed by atoms with Gasteiger partial charge in [0.1, 0.15) is 5.75 Å². The smallest absolute Gasteiger partial charge is 0.125 e. The van der Waals surface area contributed by atoms with Crippen molar-refractivity contribution in [3.8, 4) is 5.75 Å². The third kappa shape index (κ3) is 5.34. The molecule has 0 spiro atoms. The van der Waals surface area contributed by atoms with Crippen LogP contribution < -0.4 is 10.1 Å². The molecular formula is C17H22ClNOS. The van der Waals surface area contributed by atoms with E-state index in [0.29, 0.717) is 13.2 Å². The normalized spacial score (nSPS) is 11.6. The Balaban J connectivity index is 1.99. The molecule has 0 aliphatic heterocycles. The molecule has 0 unspecified atom stereocenters. The van der Waals surface area contributed by atoms with Crippen LogP contribution in [0.25, 0.3) is 0 Å². The maximum Gasteiger partial charge on any atom is 0.125 e. The molecular weight excluding hydrogens is 302 g/mol. The topological polar surface area (TPSA) is 21.3 Å². The van der Waals surface area contributed by atoms with E-state index in [-0.39, 0.29) is 5.54 Å². The molecule has 0 bridgehead atoms. The number of ether oxygens (including phenoxy) is 1. The minimum Gasteiger partial charge on any atom is -0.493 e. The SMILES string of the molecule is CC(C)(C)NCc1c(Cl)cccc1OCCc1ccsc1. The summed E-state index contributed by atoms with van der Waals surface area (Å²) in [5, 5.41) is 8.46. The van der Waals surface area contributed by atoms with Crippen molar-refractivity contribution in [2.24, 2.45) is 0 Å². The number of halogens is 1. The number of hydrogen-bond acceptors (Lipinski definition) is 3. The maximum atomic E-state index is 6.32. The van der Waals surface area contributed by atoms with E-state index in [1.54, 1.807) is 11.3 Å². The van der Waals surface area contributed by atoms with Crippen LogP contribution in [0.2, 0.25) is 5.02 Å². The van der Waals surface area contributed by atoms with Crippen LogP contribution >= 0.6 is 22.9 Å². The van der Waals surface area contributed by atoms with Crippen molar-refractivity contribution in [1.82, 2.24) is 5.32 Å². The van der Waals surface area contributed by atoms with E-state index in [4.69, 9.17) is 16.3 Å². The Morgan fingerprint density at radius 1 is 1.24 bits per heavy atom.